The van der Waals surface area contributed by atoms with E-state index in [0.717, 1.165) is 31.9 Å². The molecule has 0 unspecified atom stereocenters. The Labute approximate surface area is 131 Å². The van der Waals surface area contributed by atoms with Crippen LogP contribution >= 0.6 is 0 Å². The lowest BCUT2D eigenvalue weighted by Gasteiger charge is -2.10. The first-order valence-electron chi connectivity index (χ1n) is 8.64. The molecule has 0 atom stereocenters. The average Bonchev–Trinajstić information content (AvgIpc) is 2.46. The van der Waals surface area contributed by atoms with Gasteiger partial charge in [-0.15, -0.1) is 0 Å². The summed E-state index contributed by atoms with van der Waals surface area (Å²) in [5.74, 6) is 1.69. The van der Waals surface area contributed by atoms with Crippen LogP contribution in [0.4, 0.5) is 0 Å². The van der Waals surface area contributed by atoms with Gasteiger partial charge in [-0.1, -0.05) is 58.6 Å². The summed E-state index contributed by atoms with van der Waals surface area (Å²) in [7, 11) is 0. The van der Waals surface area contributed by atoms with Crippen LogP contribution in [0.15, 0.2) is 24.3 Å². The molecule has 0 saturated carbocycles. The summed E-state index contributed by atoms with van der Waals surface area (Å²) in [5.41, 5.74) is 1.31. The normalized spacial score (nSPS) is 11.0. The van der Waals surface area contributed by atoms with E-state index in [0.29, 0.717) is 5.92 Å². The molecule has 2 nitrogen and oxygen atoms in total. The minimum Gasteiger partial charge on any atom is -0.494 e. The Hall–Kier alpha value is -1.02. The van der Waals surface area contributed by atoms with Crippen molar-refractivity contribution in [2.45, 2.75) is 65.8 Å². The Morgan fingerprint density at radius 1 is 1.10 bits per heavy atom. The Morgan fingerprint density at radius 2 is 1.90 bits per heavy atom. The summed E-state index contributed by atoms with van der Waals surface area (Å²) < 4.78 is 5.80. The highest BCUT2D eigenvalue weighted by atomic mass is 16.5. The summed E-state index contributed by atoms with van der Waals surface area (Å²) in [4.78, 5) is 0. The van der Waals surface area contributed by atoms with E-state index in [9.17, 15) is 0 Å². The van der Waals surface area contributed by atoms with Crippen molar-refractivity contribution in [1.29, 1.82) is 0 Å². The van der Waals surface area contributed by atoms with Gasteiger partial charge >= 0.3 is 0 Å². The topological polar surface area (TPSA) is 21.3 Å². The summed E-state index contributed by atoms with van der Waals surface area (Å²) in [5, 5.41) is 3.52. The molecule has 0 aliphatic rings. The SMILES string of the molecule is CCCCCCCNCc1cccc(OCCC(C)C)c1. The van der Waals surface area contributed by atoms with Crippen LogP contribution in [0.3, 0.4) is 0 Å². The van der Waals surface area contributed by atoms with E-state index in [1.54, 1.807) is 0 Å². The zero-order chi connectivity index (χ0) is 15.3. The fraction of sp³-hybridized carbons (Fsp3) is 0.684. The van der Waals surface area contributed by atoms with E-state index in [-0.39, 0.29) is 0 Å². The Balaban J connectivity index is 2.17. The zero-order valence-electron chi connectivity index (χ0n) is 14.2. The molecule has 1 N–H and O–H groups in total. The molecule has 0 aliphatic carbocycles. The molecule has 0 radical (unpaired) electrons. The first-order chi connectivity index (χ1) is 10.2. The second-order valence-electron chi connectivity index (χ2n) is 6.27. The summed E-state index contributed by atoms with van der Waals surface area (Å²) in [6, 6.07) is 8.46. The highest BCUT2D eigenvalue weighted by molar-refractivity contribution is 5.28. The number of ether oxygens (including phenoxy) is 1. The smallest absolute Gasteiger partial charge is 0.119 e. The number of hydrogen-bond acceptors (Lipinski definition) is 2. The molecule has 120 valence electrons. The lowest BCUT2D eigenvalue weighted by Crippen LogP contribution is -2.14. The van der Waals surface area contributed by atoms with Gasteiger partial charge in [0.25, 0.3) is 0 Å². The standard InChI is InChI=1S/C19H33NO/c1-4-5-6-7-8-13-20-16-18-10-9-11-19(15-18)21-14-12-17(2)3/h9-11,15,17,20H,4-8,12-14,16H2,1-3H3. The molecule has 0 heterocycles. The van der Waals surface area contributed by atoms with Crippen LogP contribution in [0, 0.1) is 5.92 Å². The van der Waals surface area contributed by atoms with Gasteiger partial charge in [0.1, 0.15) is 5.75 Å². The Kier molecular flexibility index (Phi) is 9.98. The van der Waals surface area contributed by atoms with Crippen molar-refractivity contribution in [3.63, 3.8) is 0 Å². The number of benzene rings is 1. The van der Waals surface area contributed by atoms with Crippen molar-refractivity contribution in [3.8, 4) is 5.75 Å². The third-order valence-electron chi connectivity index (χ3n) is 3.65. The van der Waals surface area contributed by atoms with Gasteiger partial charge in [-0.25, -0.2) is 0 Å². The zero-order valence-corrected chi connectivity index (χ0v) is 14.2. The largest absolute Gasteiger partial charge is 0.494 e. The molecule has 1 rings (SSSR count). The maximum atomic E-state index is 5.80. The summed E-state index contributed by atoms with van der Waals surface area (Å²) >= 11 is 0. The van der Waals surface area contributed by atoms with Crippen molar-refractivity contribution < 1.29 is 4.74 Å². The van der Waals surface area contributed by atoms with Crippen molar-refractivity contribution in [2.24, 2.45) is 5.92 Å². The van der Waals surface area contributed by atoms with Crippen molar-refractivity contribution in [1.82, 2.24) is 5.32 Å². The quantitative estimate of drug-likeness (QED) is 0.536. The molecular formula is C19H33NO. The van der Waals surface area contributed by atoms with Crippen molar-refractivity contribution >= 4 is 0 Å². The number of rotatable bonds is 12. The van der Waals surface area contributed by atoms with Gasteiger partial charge in [0.2, 0.25) is 0 Å². The highest BCUT2D eigenvalue weighted by Gasteiger charge is 1.99. The third kappa shape index (κ3) is 9.52. The molecule has 0 spiro atoms. The van der Waals surface area contributed by atoms with Gasteiger partial charge in [0, 0.05) is 6.54 Å². The number of hydrogen-bond donors (Lipinski definition) is 1. The van der Waals surface area contributed by atoms with Gasteiger partial charge in [-0.05, 0) is 43.0 Å². The van der Waals surface area contributed by atoms with E-state index < -0.39 is 0 Å². The summed E-state index contributed by atoms with van der Waals surface area (Å²) in [6.07, 6.45) is 7.80. The minimum atomic E-state index is 0.697. The molecule has 1 aromatic rings. The lowest BCUT2D eigenvalue weighted by atomic mass is 10.1. The number of nitrogens with one attached hydrogen (secondary N) is 1. The monoisotopic (exact) mass is 291 g/mol. The van der Waals surface area contributed by atoms with Crippen LogP contribution < -0.4 is 10.1 Å². The van der Waals surface area contributed by atoms with Gasteiger partial charge in [-0.2, -0.15) is 0 Å². The van der Waals surface area contributed by atoms with Crippen molar-refractivity contribution in [3.05, 3.63) is 29.8 Å². The fourth-order valence-electron chi connectivity index (χ4n) is 2.24. The molecule has 0 saturated heterocycles. The minimum absolute atomic E-state index is 0.697. The molecule has 1 aromatic carbocycles. The first-order valence-corrected chi connectivity index (χ1v) is 8.64. The van der Waals surface area contributed by atoms with E-state index in [1.807, 2.05) is 0 Å². The van der Waals surface area contributed by atoms with Gasteiger partial charge < -0.3 is 10.1 Å². The van der Waals surface area contributed by atoms with Crippen LogP contribution in [0.1, 0.15) is 64.9 Å². The maximum Gasteiger partial charge on any atom is 0.119 e. The van der Waals surface area contributed by atoms with E-state index in [2.05, 4.69) is 50.4 Å². The molecular weight excluding hydrogens is 258 g/mol. The predicted octanol–water partition coefficient (Wildman–Crippen LogP) is 5.17. The number of unbranched alkanes of at least 4 members (excludes halogenated alkanes) is 4. The van der Waals surface area contributed by atoms with Gasteiger partial charge in [-0.3, -0.25) is 0 Å². The second-order valence-corrected chi connectivity index (χ2v) is 6.27. The molecule has 0 aromatic heterocycles. The Morgan fingerprint density at radius 3 is 2.67 bits per heavy atom. The van der Waals surface area contributed by atoms with E-state index >= 15 is 0 Å². The maximum absolute atomic E-state index is 5.80. The molecule has 0 bridgehead atoms. The van der Waals surface area contributed by atoms with Crippen LogP contribution in [-0.4, -0.2) is 13.2 Å². The fourth-order valence-corrected chi connectivity index (χ4v) is 2.24. The van der Waals surface area contributed by atoms with Gasteiger partial charge in [0.15, 0.2) is 0 Å². The molecule has 0 amide bonds. The molecule has 2 heteroatoms. The van der Waals surface area contributed by atoms with Crippen molar-refractivity contribution in [2.75, 3.05) is 13.2 Å². The lowest BCUT2D eigenvalue weighted by molar-refractivity contribution is 0.289. The molecule has 21 heavy (non-hydrogen) atoms. The predicted molar refractivity (Wildman–Crippen MR) is 91.9 cm³/mol. The first kappa shape index (κ1) is 18.0. The van der Waals surface area contributed by atoms with Crippen LogP contribution in [-0.2, 0) is 6.54 Å². The summed E-state index contributed by atoms with van der Waals surface area (Å²) in [6.45, 7) is 9.58. The molecule has 0 aliphatic heterocycles. The average molecular weight is 291 g/mol. The van der Waals surface area contributed by atoms with Crippen LogP contribution in [0.5, 0.6) is 5.75 Å². The van der Waals surface area contributed by atoms with Crippen LogP contribution in [0.25, 0.3) is 0 Å². The van der Waals surface area contributed by atoms with Crippen LogP contribution in [0.2, 0.25) is 0 Å². The second kappa shape index (κ2) is 11.6. The molecule has 0 fully saturated rings. The van der Waals surface area contributed by atoms with E-state index in [1.165, 1.54) is 37.7 Å². The van der Waals surface area contributed by atoms with E-state index in [4.69, 9.17) is 4.74 Å². The Bertz CT molecular complexity index is 362. The van der Waals surface area contributed by atoms with Gasteiger partial charge in [0.05, 0.1) is 6.61 Å². The highest BCUT2D eigenvalue weighted by Crippen LogP contribution is 2.14. The third-order valence-corrected chi connectivity index (χ3v) is 3.65.